The van der Waals surface area contributed by atoms with Crippen LogP contribution in [0.3, 0.4) is 0 Å². The van der Waals surface area contributed by atoms with E-state index in [-0.39, 0.29) is 17.9 Å². The molecular weight excluding hydrogens is 364 g/mol. The standard InChI is InChI=1S/C23H36N4O2/c1-17-8-9-18(2)21(15-17)24-23(29)20(4)26-13-11-25(12-14-26)16-22(28)27-10-6-5-7-19(27)3/h8-9,15,19-20H,5-7,10-14,16H2,1-4H3,(H,24,29)/t19-,20-/m0/s1. The Hall–Kier alpha value is -1.92. The lowest BCUT2D eigenvalue weighted by atomic mass is 10.0. The number of rotatable bonds is 5. The zero-order valence-corrected chi connectivity index (χ0v) is 18.4. The first-order valence-corrected chi connectivity index (χ1v) is 11.0. The summed E-state index contributed by atoms with van der Waals surface area (Å²) in [7, 11) is 0. The molecule has 2 amide bonds. The molecule has 0 radical (unpaired) electrons. The third kappa shape index (κ3) is 5.58. The van der Waals surface area contributed by atoms with Gasteiger partial charge in [0.25, 0.3) is 0 Å². The Morgan fingerprint density at radius 1 is 1.10 bits per heavy atom. The number of hydrogen-bond acceptors (Lipinski definition) is 4. The number of piperazine rings is 1. The summed E-state index contributed by atoms with van der Waals surface area (Å²) < 4.78 is 0. The Morgan fingerprint density at radius 2 is 1.83 bits per heavy atom. The van der Waals surface area contributed by atoms with Gasteiger partial charge in [0, 0.05) is 44.5 Å². The van der Waals surface area contributed by atoms with E-state index in [1.165, 1.54) is 6.42 Å². The third-order valence-electron chi connectivity index (χ3n) is 6.47. The van der Waals surface area contributed by atoms with Crippen LogP contribution in [-0.2, 0) is 9.59 Å². The molecule has 0 unspecified atom stereocenters. The van der Waals surface area contributed by atoms with E-state index in [0.29, 0.717) is 12.6 Å². The number of nitrogens with one attached hydrogen (secondary N) is 1. The fourth-order valence-electron chi connectivity index (χ4n) is 4.33. The van der Waals surface area contributed by atoms with Crippen LogP contribution in [-0.4, -0.2) is 77.9 Å². The van der Waals surface area contributed by atoms with Crippen molar-refractivity contribution in [2.45, 2.75) is 59.0 Å². The first-order valence-electron chi connectivity index (χ1n) is 11.0. The Bertz CT molecular complexity index is 728. The van der Waals surface area contributed by atoms with Crippen molar-refractivity contribution in [1.82, 2.24) is 14.7 Å². The molecule has 6 heteroatoms. The van der Waals surface area contributed by atoms with Gasteiger partial charge in [0.05, 0.1) is 12.6 Å². The van der Waals surface area contributed by atoms with E-state index < -0.39 is 0 Å². The lowest BCUT2D eigenvalue weighted by Gasteiger charge is -2.39. The maximum atomic E-state index is 12.7. The summed E-state index contributed by atoms with van der Waals surface area (Å²) in [6.45, 7) is 12.8. The molecule has 0 spiro atoms. The lowest BCUT2D eigenvalue weighted by Crippen LogP contribution is -2.55. The molecule has 2 atom stereocenters. The van der Waals surface area contributed by atoms with E-state index in [1.54, 1.807) is 0 Å². The summed E-state index contributed by atoms with van der Waals surface area (Å²) in [6, 6.07) is 6.29. The highest BCUT2D eigenvalue weighted by Crippen LogP contribution is 2.19. The number of carbonyl (C=O) groups is 2. The summed E-state index contributed by atoms with van der Waals surface area (Å²) >= 11 is 0. The van der Waals surface area contributed by atoms with E-state index in [2.05, 4.69) is 33.0 Å². The molecule has 0 bridgehead atoms. The Labute approximate surface area is 175 Å². The number of benzene rings is 1. The summed E-state index contributed by atoms with van der Waals surface area (Å²) in [6.07, 6.45) is 3.47. The SMILES string of the molecule is Cc1ccc(C)c(NC(=O)[C@H](C)N2CCN(CC(=O)N3CCCC[C@@H]3C)CC2)c1. The number of amides is 2. The van der Waals surface area contributed by atoms with Gasteiger partial charge in [0.2, 0.25) is 11.8 Å². The molecule has 0 aromatic heterocycles. The van der Waals surface area contributed by atoms with Gasteiger partial charge in [-0.25, -0.2) is 0 Å². The summed E-state index contributed by atoms with van der Waals surface area (Å²) in [4.78, 5) is 31.9. The number of piperidine rings is 1. The average molecular weight is 401 g/mol. The molecule has 2 saturated heterocycles. The lowest BCUT2D eigenvalue weighted by molar-refractivity contribution is -0.136. The minimum Gasteiger partial charge on any atom is -0.339 e. The maximum absolute atomic E-state index is 12.7. The van der Waals surface area contributed by atoms with Crippen LogP contribution in [0, 0.1) is 13.8 Å². The zero-order valence-electron chi connectivity index (χ0n) is 18.4. The average Bonchev–Trinajstić information content (AvgIpc) is 2.71. The molecule has 2 fully saturated rings. The van der Waals surface area contributed by atoms with Crippen LogP contribution in [0.4, 0.5) is 5.69 Å². The van der Waals surface area contributed by atoms with Crippen LogP contribution in [0.1, 0.15) is 44.2 Å². The van der Waals surface area contributed by atoms with Crippen LogP contribution in [0.5, 0.6) is 0 Å². The monoisotopic (exact) mass is 400 g/mol. The van der Waals surface area contributed by atoms with Crippen molar-refractivity contribution >= 4 is 17.5 Å². The van der Waals surface area contributed by atoms with Gasteiger partial charge < -0.3 is 10.2 Å². The van der Waals surface area contributed by atoms with E-state index in [0.717, 1.165) is 62.4 Å². The summed E-state index contributed by atoms with van der Waals surface area (Å²) in [5.41, 5.74) is 3.10. The Balaban J connectivity index is 1.47. The number of carbonyl (C=O) groups excluding carboxylic acids is 2. The van der Waals surface area contributed by atoms with E-state index in [1.807, 2.05) is 32.9 Å². The van der Waals surface area contributed by atoms with Crippen LogP contribution in [0.15, 0.2) is 18.2 Å². The van der Waals surface area contributed by atoms with Gasteiger partial charge in [-0.05, 0) is 64.2 Å². The second kappa shape index (κ2) is 9.72. The molecule has 1 N–H and O–H groups in total. The van der Waals surface area contributed by atoms with E-state index in [9.17, 15) is 9.59 Å². The van der Waals surface area contributed by atoms with E-state index in [4.69, 9.17) is 0 Å². The smallest absolute Gasteiger partial charge is 0.241 e. The quantitative estimate of drug-likeness (QED) is 0.826. The molecule has 29 heavy (non-hydrogen) atoms. The summed E-state index contributed by atoms with van der Waals surface area (Å²) in [5.74, 6) is 0.289. The van der Waals surface area contributed by atoms with Crippen molar-refractivity contribution in [2.75, 3.05) is 44.6 Å². The molecule has 2 heterocycles. The number of anilines is 1. The fraction of sp³-hybridized carbons (Fsp3) is 0.652. The predicted octanol–water partition coefficient (Wildman–Crippen LogP) is 2.65. The van der Waals surface area contributed by atoms with Gasteiger partial charge in [0.15, 0.2) is 0 Å². The largest absolute Gasteiger partial charge is 0.339 e. The Morgan fingerprint density at radius 3 is 2.52 bits per heavy atom. The second-order valence-electron chi connectivity index (χ2n) is 8.73. The van der Waals surface area contributed by atoms with Crippen LogP contribution in [0.25, 0.3) is 0 Å². The van der Waals surface area contributed by atoms with Crippen LogP contribution >= 0.6 is 0 Å². The molecule has 2 aliphatic heterocycles. The molecule has 3 rings (SSSR count). The molecule has 1 aromatic carbocycles. The highest BCUT2D eigenvalue weighted by Gasteiger charge is 2.29. The minimum atomic E-state index is -0.185. The highest BCUT2D eigenvalue weighted by atomic mass is 16.2. The first-order chi connectivity index (χ1) is 13.8. The fourth-order valence-corrected chi connectivity index (χ4v) is 4.33. The highest BCUT2D eigenvalue weighted by molar-refractivity contribution is 5.95. The van der Waals surface area contributed by atoms with Gasteiger partial charge in [-0.15, -0.1) is 0 Å². The normalized spacial score (nSPS) is 22.3. The molecule has 160 valence electrons. The van der Waals surface area contributed by atoms with Crippen molar-refractivity contribution in [2.24, 2.45) is 0 Å². The first kappa shape index (κ1) is 21.8. The van der Waals surface area contributed by atoms with Crippen molar-refractivity contribution in [1.29, 1.82) is 0 Å². The number of hydrogen-bond donors (Lipinski definition) is 1. The molecule has 0 saturated carbocycles. The van der Waals surface area contributed by atoms with Crippen molar-refractivity contribution < 1.29 is 9.59 Å². The topological polar surface area (TPSA) is 55.9 Å². The molecular formula is C23H36N4O2. The van der Waals surface area contributed by atoms with Gasteiger partial charge in [-0.2, -0.15) is 0 Å². The Kier molecular flexibility index (Phi) is 7.30. The number of aryl methyl sites for hydroxylation is 2. The van der Waals surface area contributed by atoms with Crippen LogP contribution < -0.4 is 5.32 Å². The predicted molar refractivity (Wildman–Crippen MR) is 117 cm³/mol. The summed E-state index contributed by atoms with van der Waals surface area (Å²) in [5, 5.41) is 3.08. The molecule has 1 aromatic rings. The second-order valence-corrected chi connectivity index (χ2v) is 8.73. The van der Waals surface area contributed by atoms with Gasteiger partial charge in [0.1, 0.15) is 0 Å². The molecule has 2 aliphatic rings. The van der Waals surface area contributed by atoms with Crippen LogP contribution in [0.2, 0.25) is 0 Å². The van der Waals surface area contributed by atoms with Crippen molar-refractivity contribution in [3.8, 4) is 0 Å². The van der Waals surface area contributed by atoms with Crippen molar-refractivity contribution in [3.63, 3.8) is 0 Å². The minimum absolute atomic E-state index is 0.0327. The third-order valence-corrected chi connectivity index (χ3v) is 6.47. The van der Waals surface area contributed by atoms with E-state index >= 15 is 0 Å². The zero-order chi connectivity index (χ0) is 21.0. The maximum Gasteiger partial charge on any atom is 0.241 e. The number of likely N-dealkylation sites (tertiary alicyclic amines) is 1. The molecule has 0 aliphatic carbocycles. The molecule has 6 nitrogen and oxygen atoms in total. The number of nitrogens with zero attached hydrogens (tertiary/aromatic N) is 3. The van der Waals surface area contributed by atoms with Gasteiger partial charge in [-0.1, -0.05) is 12.1 Å². The van der Waals surface area contributed by atoms with Crippen molar-refractivity contribution in [3.05, 3.63) is 29.3 Å². The van der Waals surface area contributed by atoms with Gasteiger partial charge >= 0.3 is 0 Å². The van der Waals surface area contributed by atoms with Gasteiger partial charge in [-0.3, -0.25) is 19.4 Å².